The van der Waals surface area contributed by atoms with Gasteiger partial charge in [0, 0.05) is 55.8 Å². The van der Waals surface area contributed by atoms with Gasteiger partial charge in [-0.2, -0.15) is 0 Å². The van der Waals surface area contributed by atoms with Crippen LogP contribution in [0.25, 0.3) is 6.08 Å². The number of rotatable bonds is 4. The molecule has 1 heterocycles. The van der Waals surface area contributed by atoms with Gasteiger partial charge in [0.2, 0.25) is 11.8 Å². The maximum Gasteiger partial charge on any atom is 0.246 e. The Bertz CT molecular complexity index is 956. The van der Waals surface area contributed by atoms with E-state index in [-0.39, 0.29) is 17.6 Å². The lowest BCUT2D eigenvalue weighted by Gasteiger charge is -2.33. The number of nitrogen functional groups attached to an aromatic ring is 1. The Hall–Kier alpha value is -2.64. The molecule has 3 rings (SSSR count). The van der Waals surface area contributed by atoms with Crippen molar-refractivity contribution in [1.29, 1.82) is 0 Å². The second-order valence-electron chi connectivity index (χ2n) is 6.68. The third-order valence-electron chi connectivity index (χ3n) is 4.61. The van der Waals surface area contributed by atoms with Crippen molar-refractivity contribution in [2.75, 3.05) is 31.9 Å². The fourth-order valence-electron chi connectivity index (χ4n) is 2.96. The number of nitrogens with two attached hydrogens (primary N) is 1. The van der Waals surface area contributed by atoms with Crippen molar-refractivity contribution in [2.45, 2.75) is 16.7 Å². The van der Waals surface area contributed by atoms with Crippen LogP contribution < -0.4 is 5.73 Å². The number of piperazine rings is 1. The predicted molar refractivity (Wildman–Crippen MR) is 116 cm³/mol. The number of phenolic OH excluding ortho intramolecular Hbond substituents is 1. The molecule has 2 amide bonds. The first kappa shape index (κ1) is 21.1. The van der Waals surface area contributed by atoms with E-state index in [0.29, 0.717) is 41.8 Å². The molecular formula is C21H22ClN3O3S. The monoisotopic (exact) mass is 431 g/mol. The molecule has 6 nitrogen and oxygen atoms in total. The summed E-state index contributed by atoms with van der Waals surface area (Å²) < 4.78 is 0. The number of nitrogens with zero attached hydrogens (tertiary/aromatic N) is 2. The third kappa shape index (κ3) is 5.46. The fourth-order valence-corrected chi connectivity index (χ4v) is 4.09. The maximum atomic E-state index is 12.4. The largest absolute Gasteiger partial charge is 0.507 e. The zero-order chi connectivity index (χ0) is 21.0. The van der Waals surface area contributed by atoms with E-state index in [9.17, 15) is 14.7 Å². The molecule has 2 aromatic rings. The topological polar surface area (TPSA) is 86.9 Å². The highest BCUT2D eigenvalue weighted by atomic mass is 35.5. The van der Waals surface area contributed by atoms with Gasteiger partial charge < -0.3 is 20.6 Å². The average Bonchev–Trinajstić information content (AvgIpc) is 2.69. The summed E-state index contributed by atoms with van der Waals surface area (Å²) in [5, 5.41) is 10.5. The first-order valence-electron chi connectivity index (χ1n) is 9.12. The molecule has 2 aromatic carbocycles. The lowest BCUT2D eigenvalue weighted by molar-refractivity contribution is -0.135. The van der Waals surface area contributed by atoms with Gasteiger partial charge in [-0.1, -0.05) is 29.4 Å². The first-order valence-corrected chi connectivity index (χ1v) is 10.3. The van der Waals surface area contributed by atoms with Gasteiger partial charge in [-0.15, -0.1) is 0 Å². The van der Waals surface area contributed by atoms with Gasteiger partial charge in [0.1, 0.15) is 5.75 Å². The number of halogens is 1. The minimum Gasteiger partial charge on any atom is -0.507 e. The molecule has 0 spiro atoms. The van der Waals surface area contributed by atoms with Crippen LogP contribution >= 0.6 is 23.4 Å². The zero-order valence-corrected chi connectivity index (χ0v) is 17.5. The number of carbonyl (C=O) groups excluding carboxylic acids is 2. The summed E-state index contributed by atoms with van der Waals surface area (Å²) in [7, 11) is 0. The molecule has 0 unspecified atom stereocenters. The number of anilines is 1. The summed E-state index contributed by atoms with van der Waals surface area (Å²) >= 11 is 7.72. The first-order chi connectivity index (χ1) is 13.8. The quantitative estimate of drug-likeness (QED) is 0.571. The minimum absolute atomic E-state index is 0.0348. The van der Waals surface area contributed by atoms with Gasteiger partial charge in [0.25, 0.3) is 0 Å². The van der Waals surface area contributed by atoms with E-state index >= 15 is 0 Å². The number of carbonyl (C=O) groups is 2. The summed E-state index contributed by atoms with van der Waals surface area (Å²) in [6.45, 7) is 3.72. The van der Waals surface area contributed by atoms with Crippen molar-refractivity contribution in [2.24, 2.45) is 0 Å². The molecule has 1 aliphatic heterocycles. The molecule has 0 saturated carbocycles. The summed E-state index contributed by atoms with van der Waals surface area (Å²) in [4.78, 5) is 28.6. The van der Waals surface area contributed by atoms with Crippen molar-refractivity contribution in [1.82, 2.24) is 9.80 Å². The third-order valence-corrected chi connectivity index (χ3v) is 6.18. The van der Waals surface area contributed by atoms with Crippen LogP contribution in [0.1, 0.15) is 12.5 Å². The van der Waals surface area contributed by atoms with Crippen LogP contribution in [0.5, 0.6) is 5.75 Å². The van der Waals surface area contributed by atoms with Crippen molar-refractivity contribution < 1.29 is 14.7 Å². The van der Waals surface area contributed by atoms with Crippen LogP contribution in [0.15, 0.2) is 52.3 Å². The molecule has 1 fully saturated rings. The smallest absolute Gasteiger partial charge is 0.246 e. The number of aromatic hydroxyl groups is 1. The van der Waals surface area contributed by atoms with Crippen molar-refractivity contribution >= 4 is 46.9 Å². The summed E-state index contributed by atoms with van der Waals surface area (Å²) in [6, 6.07) is 10.4. The molecular weight excluding hydrogens is 410 g/mol. The number of phenols is 1. The lowest BCUT2D eigenvalue weighted by Crippen LogP contribution is -2.49. The number of amides is 2. The van der Waals surface area contributed by atoms with Gasteiger partial charge in [0.05, 0.1) is 9.92 Å². The van der Waals surface area contributed by atoms with Gasteiger partial charge in [-0.3, -0.25) is 9.59 Å². The van der Waals surface area contributed by atoms with Crippen LogP contribution in [0.4, 0.5) is 5.69 Å². The molecule has 152 valence electrons. The highest BCUT2D eigenvalue weighted by molar-refractivity contribution is 7.99. The second kappa shape index (κ2) is 9.24. The maximum absolute atomic E-state index is 12.4. The SMILES string of the molecule is CC(=O)N1CCN(C(=O)/C=C/c2ccc(Sc3ccc(N)cc3O)c(Cl)c2)CC1. The fraction of sp³-hybridized carbons (Fsp3) is 0.238. The molecule has 0 bridgehead atoms. The Morgan fingerprint density at radius 3 is 2.34 bits per heavy atom. The van der Waals surface area contributed by atoms with Crippen LogP contribution in [0.3, 0.4) is 0 Å². The number of benzene rings is 2. The van der Waals surface area contributed by atoms with Gasteiger partial charge >= 0.3 is 0 Å². The van der Waals surface area contributed by atoms with E-state index < -0.39 is 0 Å². The van der Waals surface area contributed by atoms with E-state index in [1.165, 1.54) is 30.8 Å². The van der Waals surface area contributed by atoms with E-state index in [4.69, 9.17) is 17.3 Å². The van der Waals surface area contributed by atoms with Crippen LogP contribution in [0.2, 0.25) is 5.02 Å². The molecule has 3 N–H and O–H groups in total. The van der Waals surface area contributed by atoms with Crippen LogP contribution in [-0.4, -0.2) is 52.9 Å². The van der Waals surface area contributed by atoms with Crippen LogP contribution in [-0.2, 0) is 9.59 Å². The van der Waals surface area contributed by atoms with E-state index in [0.717, 1.165) is 10.5 Å². The lowest BCUT2D eigenvalue weighted by atomic mass is 10.2. The Balaban J connectivity index is 1.62. The Kier molecular flexibility index (Phi) is 6.71. The van der Waals surface area contributed by atoms with E-state index in [1.54, 1.807) is 34.1 Å². The molecule has 0 atom stereocenters. The molecule has 0 aliphatic carbocycles. The summed E-state index contributed by atoms with van der Waals surface area (Å²) in [6.07, 6.45) is 3.24. The summed E-state index contributed by atoms with van der Waals surface area (Å²) in [5.41, 5.74) is 6.94. The molecule has 1 saturated heterocycles. The number of hydrogen-bond acceptors (Lipinski definition) is 5. The zero-order valence-electron chi connectivity index (χ0n) is 16.0. The van der Waals surface area contributed by atoms with Gasteiger partial charge in [0.15, 0.2) is 0 Å². The highest BCUT2D eigenvalue weighted by Crippen LogP contribution is 2.39. The Labute approximate surface area is 178 Å². The standard InChI is InChI=1S/C21H22ClN3O3S/c1-14(26)24-8-10-25(11-9-24)21(28)7-3-15-2-5-19(17(22)12-15)29-20-6-4-16(23)13-18(20)27/h2-7,12-13,27H,8-11,23H2,1H3/b7-3+. The molecule has 1 aliphatic rings. The molecule has 8 heteroatoms. The van der Waals surface area contributed by atoms with Crippen molar-refractivity contribution in [3.8, 4) is 5.75 Å². The highest BCUT2D eigenvalue weighted by Gasteiger charge is 2.20. The van der Waals surface area contributed by atoms with Crippen molar-refractivity contribution in [3.63, 3.8) is 0 Å². The van der Waals surface area contributed by atoms with Crippen molar-refractivity contribution in [3.05, 3.63) is 53.1 Å². The van der Waals surface area contributed by atoms with Gasteiger partial charge in [-0.25, -0.2) is 0 Å². The van der Waals surface area contributed by atoms with E-state index in [2.05, 4.69) is 0 Å². The second-order valence-corrected chi connectivity index (χ2v) is 8.17. The van der Waals surface area contributed by atoms with E-state index in [1.807, 2.05) is 12.1 Å². The predicted octanol–water partition coefficient (Wildman–Crippen LogP) is 3.48. The Morgan fingerprint density at radius 2 is 1.72 bits per heavy atom. The Morgan fingerprint density at radius 1 is 1.07 bits per heavy atom. The minimum atomic E-state index is -0.0884. The molecule has 0 aromatic heterocycles. The van der Waals surface area contributed by atoms with Crippen LogP contribution in [0, 0.1) is 0 Å². The van der Waals surface area contributed by atoms with Gasteiger partial charge in [-0.05, 0) is 35.9 Å². The normalized spacial score (nSPS) is 14.4. The number of hydrogen-bond donors (Lipinski definition) is 2. The summed E-state index contributed by atoms with van der Waals surface area (Å²) in [5.74, 6) is 0.0487. The molecule has 29 heavy (non-hydrogen) atoms. The molecule has 0 radical (unpaired) electrons. The average molecular weight is 432 g/mol.